The van der Waals surface area contributed by atoms with Crippen LogP contribution in [0, 0.1) is 12.8 Å². The predicted octanol–water partition coefficient (Wildman–Crippen LogP) is 2.56. The summed E-state index contributed by atoms with van der Waals surface area (Å²) in [7, 11) is 0. The number of thiazole rings is 1. The van der Waals surface area contributed by atoms with Crippen molar-refractivity contribution in [2.24, 2.45) is 5.92 Å². The number of aliphatic carboxylic acids is 1. The van der Waals surface area contributed by atoms with E-state index in [1.165, 1.54) is 0 Å². The van der Waals surface area contributed by atoms with Crippen LogP contribution in [0.2, 0.25) is 0 Å². The third-order valence-electron chi connectivity index (χ3n) is 2.55. The molecule has 1 aromatic rings. The van der Waals surface area contributed by atoms with E-state index in [1.54, 1.807) is 11.3 Å². The molecule has 96 valence electrons. The summed E-state index contributed by atoms with van der Waals surface area (Å²) in [5, 5.41) is 12.0. The number of rotatable bonds is 6. The fourth-order valence-corrected chi connectivity index (χ4v) is 2.46. The Morgan fingerprint density at radius 1 is 1.53 bits per heavy atom. The summed E-state index contributed by atoms with van der Waals surface area (Å²) in [6.45, 7) is 8.99. The molecule has 0 radical (unpaired) electrons. The second-order valence-electron chi connectivity index (χ2n) is 4.68. The SMILES string of the molecule is Cc1nc(C(C)N(CC(=O)O)CC(C)C)cs1. The average Bonchev–Trinajstić information content (AvgIpc) is 2.61. The lowest BCUT2D eigenvalue weighted by atomic mass is 10.1. The van der Waals surface area contributed by atoms with Crippen LogP contribution in [0.25, 0.3) is 0 Å². The molecule has 0 spiro atoms. The number of nitrogens with zero attached hydrogens (tertiary/aromatic N) is 2. The van der Waals surface area contributed by atoms with Crippen molar-refractivity contribution in [1.82, 2.24) is 9.88 Å². The fraction of sp³-hybridized carbons (Fsp3) is 0.667. The van der Waals surface area contributed by atoms with E-state index in [0.717, 1.165) is 17.2 Å². The number of aromatic nitrogens is 1. The highest BCUT2D eigenvalue weighted by atomic mass is 32.1. The number of hydrogen-bond donors (Lipinski definition) is 1. The minimum atomic E-state index is -0.788. The monoisotopic (exact) mass is 256 g/mol. The summed E-state index contributed by atoms with van der Waals surface area (Å²) in [5.41, 5.74) is 0.967. The molecule has 17 heavy (non-hydrogen) atoms. The highest BCUT2D eigenvalue weighted by molar-refractivity contribution is 7.09. The third kappa shape index (κ3) is 4.44. The lowest BCUT2D eigenvalue weighted by Crippen LogP contribution is -2.35. The number of carbonyl (C=O) groups is 1. The Morgan fingerprint density at radius 3 is 2.59 bits per heavy atom. The number of carboxylic acid groups (broad SMARTS) is 1. The zero-order valence-corrected chi connectivity index (χ0v) is 11.6. The van der Waals surface area contributed by atoms with Crippen LogP contribution in [-0.4, -0.2) is 34.0 Å². The van der Waals surface area contributed by atoms with Gasteiger partial charge in [0, 0.05) is 11.9 Å². The second kappa shape index (κ2) is 6.12. The van der Waals surface area contributed by atoms with Gasteiger partial charge in [-0.05, 0) is 19.8 Å². The maximum atomic E-state index is 10.9. The zero-order valence-electron chi connectivity index (χ0n) is 10.8. The Kier molecular flexibility index (Phi) is 5.08. The first-order chi connectivity index (χ1) is 7.90. The molecule has 1 atom stereocenters. The van der Waals surface area contributed by atoms with E-state index in [9.17, 15) is 4.79 Å². The van der Waals surface area contributed by atoms with E-state index in [0.29, 0.717) is 5.92 Å². The van der Waals surface area contributed by atoms with Gasteiger partial charge in [0.1, 0.15) is 0 Å². The van der Waals surface area contributed by atoms with Gasteiger partial charge in [-0.25, -0.2) is 4.98 Å². The van der Waals surface area contributed by atoms with Gasteiger partial charge in [0.25, 0.3) is 0 Å². The standard InChI is InChI=1S/C12H20N2O2S/c1-8(2)5-14(6-12(15)16)9(3)11-7-17-10(4)13-11/h7-9H,5-6H2,1-4H3,(H,15,16). The van der Waals surface area contributed by atoms with Gasteiger partial charge < -0.3 is 5.11 Å². The first-order valence-corrected chi connectivity index (χ1v) is 6.66. The summed E-state index contributed by atoms with van der Waals surface area (Å²) >= 11 is 1.60. The quantitative estimate of drug-likeness (QED) is 0.850. The molecule has 5 heteroatoms. The van der Waals surface area contributed by atoms with Crippen LogP contribution >= 0.6 is 11.3 Å². The largest absolute Gasteiger partial charge is 0.480 e. The Hall–Kier alpha value is -0.940. The molecular weight excluding hydrogens is 236 g/mol. The van der Waals surface area contributed by atoms with Crippen molar-refractivity contribution in [2.75, 3.05) is 13.1 Å². The van der Waals surface area contributed by atoms with Gasteiger partial charge in [-0.15, -0.1) is 11.3 Å². The van der Waals surface area contributed by atoms with Gasteiger partial charge in [0.05, 0.1) is 23.3 Å². The zero-order chi connectivity index (χ0) is 13.0. The number of hydrogen-bond acceptors (Lipinski definition) is 4. The molecule has 1 aromatic heterocycles. The molecular formula is C12H20N2O2S. The molecule has 0 saturated heterocycles. The molecule has 0 aliphatic rings. The van der Waals surface area contributed by atoms with Crippen molar-refractivity contribution in [1.29, 1.82) is 0 Å². The molecule has 1 unspecified atom stereocenters. The summed E-state index contributed by atoms with van der Waals surface area (Å²) < 4.78 is 0. The van der Waals surface area contributed by atoms with Crippen LogP contribution in [0.3, 0.4) is 0 Å². The first-order valence-electron chi connectivity index (χ1n) is 5.78. The van der Waals surface area contributed by atoms with Crippen molar-refractivity contribution in [3.05, 3.63) is 16.1 Å². The van der Waals surface area contributed by atoms with Gasteiger partial charge in [-0.1, -0.05) is 13.8 Å². The van der Waals surface area contributed by atoms with Crippen molar-refractivity contribution >= 4 is 17.3 Å². The molecule has 1 rings (SSSR count). The van der Waals surface area contributed by atoms with E-state index in [4.69, 9.17) is 5.11 Å². The molecule has 0 aliphatic heterocycles. The molecule has 0 aromatic carbocycles. The van der Waals surface area contributed by atoms with Crippen molar-refractivity contribution in [2.45, 2.75) is 33.7 Å². The Labute approximate surface area is 106 Å². The Morgan fingerprint density at radius 2 is 2.18 bits per heavy atom. The van der Waals surface area contributed by atoms with Gasteiger partial charge in [-0.2, -0.15) is 0 Å². The van der Waals surface area contributed by atoms with Crippen LogP contribution in [0.4, 0.5) is 0 Å². The van der Waals surface area contributed by atoms with E-state index in [1.807, 2.05) is 24.1 Å². The average molecular weight is 256 g/mol. The summed E-state index contributed by atoms with van der Waals surface area (Å²) in [4.78, 5) is 17.3. The van der Waals surface area contributed by atoms with Crippen molar-refractivity contribution < 1.29 is 9.90 Å². The van der Waals surface area contributed by atoms with Crippen molar-refractivity contribution in [3.63, 3.8) is 0 Å². The highest BCUT2D eigenvalue weighted by Crippen LogP contribution is 2.22. The molecule has 1 N–H and O–H groups in total. The Bertz CT molecular complexity index is 376. The van der Waals surface area contributed by atoms with Crippen molar-refractivity contribution in [3.8, 4) is 0 Å². The van der Waals surface area contributed by atoms with Gasteiger partial charge in [0.15, 0.2) is 0 Å². The summed E-state index contributed by atoms with van der Waals surface area (Å²) in [6.07, 6.45) is 0. The predicted molar refractivity (Wildman–Crippen MR) is 69.3 cm³/mol. The first kappa shape index (κ1) is 14.1. The normalized spacial score (nSPS) is 13.3. The van der Waals surface area contributed by atoms with Crippen LogP contribution in [0.15, 0.2) is 5.38 Å². The smallest absolute Gasteiger partial charge is 0.317 e. The van der Waals surface area contributed by atoms with Crippen LogP contribution < -0.4 is 0 Å². The molecule has 4 nitrogen and oxygen atoms in total. The lowest BCUT2D eigenvalue weighted by molar-refractivity contribution is -0.139. The second-order valence-corrected chi connectivity index (χ2v) is 5.75. The van der Waals surface area contributed by atoms with Crippen LogP contribution in [0.1, 0.15) is 37.5 Å². The molecule has 0 aliphatic carbocycles. The molecule has 1 heterocycles. The van der Waals surface area contributed by atoms with E-state index >= 15 is 0 Å². The molecule has 0 fully saturated rings. The maximum absolute atomic E-state index is 10.9. The topological polar surface area (TPSA) is 53.4 Å². The van der Waals surface area contributed by atoms with E-state index < -0.39 is 5.97 Å². The van der Waals surface area contributed by atoms with E-state index in [-0.39, 0.29) is 12.6 Å². The maximum Gasteiger partial charge on any atom is 0.317 e. The summed E-state index contributed by atoms with van der Waals surface area (Å²) in [6, 6.07) is 0.0541. The molecule has 0 bridgehead atoms. The molecule has 0 saturated carbocycles. The minimum absolute atomic E-state index is 0.0541. The van der Waals surface area contributed by atoms with Gasteiger partial charge in [-0.3, -0.25) is 9.69 Å². The third-order valence-corrected chi connectivity index (χ3v) is 3.34. The van der Waals surface area contributed by atoms with Gasteiger partial charge in [0.2, 0.25) is 0 Å². The van der Waals surface area contributed by atoms with Crippen LogP contribution in [-0.2, 0) is 4.79 Å². The van der Waals surface area contributed by atoms with E-state index in [2.05, 4.69) is 18.8 Å². The number of aryl methyl sites for hydroxylation is 1. The van der Waals surface area contributed by atoms with Crippen LogP contribution in [0.5, 0.6) is 0 Å². The van der Waals surface area contributed by atoms with Gasteiger partial charge >= 0.3 is 5.97 Å². The fourth-order valence-electron chi connectivity index (χ4n) is 1.76. The Balaban J connectivity index is 2.77. The highest BCUT2D eigenvalue weighted by Gasteiger charge is 2.21. The number of carboxylic acids is 1. The molecule has 0 amide bonds. The summed E-state index contributed by atoms with van der Waals surface area (Å²) in [5.74, 6) is -0.346. The lowest BCUT2D eigenvalue weighted by Gasteiger charge is -2.27. The minimum Gasteiger partial charge on any atom is -0.480 e.